The van der Waals surface area contributed by atoms with E-state index < -0.39 is 19.7 Å². The summed E-state index contributed by atoms with van der Waals surface area (Å²) in [6.45, 7) is 13.3. The van der Waals surface area contributed by atoms with Crippen molar-refractivity contribution in [3.8, 4) is 28.5 Å². The van der Waals surface area contributed by atoms with Crippen molar-refractivity contribution in [2.45, 2.75) is 81.9 Å². The Labute approximate surface area is 281 Å². The highest BCUT2D eigenvalue weighted by Gasteiger charge is 2.43. The number of halogens is 2. The smallest absolute Gasteiger partial charge is 0.188 e. The molecule has 4 aromatic rings. The molecule has 0 unspecified atom stereocenters. The predicted molar refractivity (Wildman–Crippen MR) is 190 cm³/mol. The highest BCUT2D eigenvalue weighted by atomic mass is 32.2. The lowest BCUT2D eigenvalue weighted by Gasteiger charge is -2.38. The molecule has 7 nitrogen and oxygen atoms in total. The van der Waals surface area contributed by atoms with E-state index >= 15 is 8.78 Å². The number of nitrogens with zero attached hydrogens (tertiary/aromatic N) is 4. The minimum Gasteiger partial charge on any atom is -0.468 e. The van der Waals surface area contributed by atoms with E-state index in [1.54, 1.807) is 31.5 Å². The Hall–Kier alpha value is -3.30. The van der Waals surface area contributed by atoms with Gasteiger partial charge < -0.3 is 19.1 Å². The number of pyridine rings is 1. The maximum Gasteiger partial charge on any atom is 0.188 e. The molecule has 0 N–H and O–H groups in total. The molecule has 0 saturated heterocycles. The van der Waals surface area contributed by atoms with E-state index in [4.69, 9.17) is 19.2 Å². The number of aromatic nitrogens is 3. The van der Waals surface area contributed by atoms with Gasteiger partial charge in [0.2, 0.25) is 0 Å². The van der Waals surface area contributed by atoms with Gasteiger partial charge in [0.05, 0.1) is 23.1 Å². The van der Waals surface area contributed by atoms with Crippen molar-refractivity contribution < 1.29 is 23.0 Å². The van der Waals surface area contributed by atoms with Crippen molar-refractivity contribution in [2.75, 3.05) is 39.2 Å². The molecule has 1 saturated carbocycles. The lowest BCUT2D eigenvalue weighted by Crippen LogP contribution is -2.43. The van der Waals surface area contributed by atoms with Gasteiger partial charge in [0.25, 0.3) is 0 Å². The fraction of sp³-hybridized carbons (Fsp3) is 0.472. The quantitative estimate of drug-likeness (QED) is 0.0514. The van der Waals surface area contributed by atoms with Gasteiger partial charge in [-0.25, -0.2) is 23.7 Å². The van der Waals surface area contributed by atoms with E-state index in [-0.39, 0.29) is 35.7 Å². The van der Waals surface area contributed by atoms with Crippen LogP contribution in [-0.4, -0.2) is 69.5 Å². The van der Waals surface area contributed by atoms with Gasteiger partial charge in [-0.05, 0) is 52.9 Å². The molecule has 47 heavy (non-hydrogen) atoms. The van der Waals surface area contributed by atoms with Gasteiger partial charge in [-0.1, -0.05) is 65.3 Å². The Balaban J connectivity index is 1.88. The molecule has 11 heteroatoms. The molecular formula is C36H44F2N4O3SSi. The molecule has 0 radical (unpaired) electrons. The number of ether oxygens (including phenoxy) is 3. The Morgan fingerprint density at radius 1 is 1.04 bits per heavy atom. The second kappa shape index (κ2) is 14.0. The van der Waals surface area contributed by atoms with E-state index in [2.05, 4.69) is 63.0 Å². The zero-order valence-corrected chi connectivity index (χ0v) is 30.7. The Morgan fingerprint density at radius 3 is 2.34 bits per heavy atom. The summed E-state index contributed by atoms with van der Waals surface area (Å²) in [7, 11) is 2.88. The summed E-state index contributed by atoms with van der Waals surface area (Å²) < 4.78 is 49.6. The van der Waals surface area contributed by atoms with Crippen molar-refractivity contribution in [1.82, 2.24) is 15.0 Å². The molecule has 1 aliphatic rings. The SMILES string of the molecule is COCOc1cc(-c2nc(N(C)[C@@H]3C[C@H]3OC)c3cnc(SC)nc3c2F)c2c(C#C[Si](C(C)C)(C(C)C)C(C)C)c(F)ccc2c1. The molecule has 0 spiro atoms. The minimum absolute atomic E-state index is 0.0178. The molecule has 2 atom stereocenters. The van der Waals surface area contributed by atoms with E-state index in [1.807, 2.05) is 18.2 Å². The van der Waals surface area contributed by atoms with Crippen molar-refractivity contribution in [3.63, 3.8) is 0 Å². The fourth-order valence-electron chi connectivity index (χ4n) is 7.08. The van der Waals surface area contributed by atoms with E-state index in [0.717, 1.165) is 6.42 Å². The van der Waals surface area contributed by atoms with Crippen LogP contribution in [0.2, 0.25) is 16.6 Å². The van der Waals surface area contributed by atoms with Gasteiger partial charge in [-0.15, -0.1) is 5.54 Å². The van der Waals surface area contributed by atoms with Crippen molar-refractivity contribution >= 4 is 47.3 Å². The second-order valence-corrected chi connectivity index (χ2v) is 19.4. The van der Waals surface area contributed by atoms with Crippen LogP contribution >= 0.6 is 11.8 Å². The van der Waals surface area contributed by atoms with Crippen LogP contribution in [0.3, 0.4) is 0 Å². The number of likely N-dealkylation sites (N-methyl/N-ethyl adjacent to an activating group) is 1. The number of methoxy groups -OCH3 is 2. The summed E-state index contributed by atoms with van der Waals surface area (Å²) in [6, 6.07) is 6.64. The first kappa shape index (κ1) is 35.0. The average molecular weight is 679 g/mol. The predicted octanol–water partition coefficient (Wildman–Crippen LogP) is 8.62. The molecule has 0 amide bonds. The third-order valence-corrected chi connectivity index (χ3v) is 16.4. The number of hydrogen-bond acceptors (Lipinski definition) is 8. The van der Waals surface area contributed by atoms with Crippen LogP contribution in [0.1, 0.15) is 53.5 Å². The van der Waals surface area contributed by atoms with Crippen LogP contribution in [0.15, 0.2) is 35.6 Å². The Morgan fingerprint density at radius 2 is 1.74 bits per heavy atom. The standard InChI is InChI=1S/C36H44F2N4O3SSi/c1-20(2)47(21(3)4,22(5)6)14-13-25-28(37)12-11-23-15-24(45-19-43-8)16-26(31(23)25)33-32(38)34-27(18-39-36(41-34)46-10)35(40-33)42(7)29-17-30(29)44-9/h11-12,15-16,18,20-22,29-30H,17,19H2,1-10H3/t29-,30-/m1/s1. The summed E-state index contributed by atoms with van der Waals surface area (Å²) in [5, 5.41) is 2.04. The molecular weight excluding hydrogens is 635 g/mol. The molecule has 2 heterocycles. The molecule has 1 aliphatic carbocycles. The third-order valence-electron chi connectivity index (χ3n) is 9.57. The van der Waals surface area contributed by atoms with Crippen LogP contribution in [0.4, 0.5) is 14.6 Å². The molecule has 2 aromatic heterocycles. The third kappa shape index (κ3) is 6.45. The Kier molecular flexibility index (Phi) is 10.5. The van der Waals surface area contributed by atoms with Gasteiger partial charge in [0.15, 0.2) is 17.8 Å². The lowest BCUT2D eigenvalue weighted by molar-refractivity contribution is 0.0512. The minimum atomic E-state index is -2.24. The van der Waals surface area contributed by atoms with Crippen molar-refractivity contribution in [2.24, 2.45) is 0 Å². The summed E-state index contributed by atoms with van der Waals surface area (Å²) in [5.74, 6) is 3.18. The largest absolute Gasteiger partial charge is 0.468 e. The summed E-state index contributed by atoms with van der Waals surface area (Å²) in [4.78, 5) is 16.0. The maximum absolute atomic E-state index is 16.9. The Bertz CT molecular complexity index is 1840. The van der Waals surface area contributed by atoms with E-state index in [9.17, 15) is 0 Å². The molecule has 250 valence electrons. The topological polar surface area (TPSA) is 69.6 Å². The first-order valence-electron chi connectivity index (χ1n) is 16.0. The molecule has 1 fully saturated rings. The number of hydrogen-bond donors (Lipinski definition) is 0. The average Bonchev–Trinajstić information content (AvgIpc) is 3.84. The second-order valence-electron chi connectivity index (χ2n) is 13.1. The number of fused-ring (bicyclic) bond motifs is 2. The summed E-state index contributed by atoms with van der Waals surface area (Å²) in [5.41, 5.74) is 5.47. The number of benzene rings is 2. The first-order valence-corrected chi connectivity index (χ1v) is 19.4. The van der Waals surface area contributed by atoms with Gasteiger partial charge in [0, 0.05) is 38.4 Å². The number of rotatable bonds is 11. The summed E-state index contributed by atoms with van der Waals surface area (Å²) >= 11 is 1.32. The molecule has 2 aromatic carbocycles. The normalized spacial score (nSPS) is 16.3. The number of thioether (sulfide) groups is 1. The number of anilines is 1. The van der Waals surface area contributed by atoms with Gasteiger partial charge in [-0.3, -0.25) is 0 Å². The molecule has 0 aliphatic heterocycles. The van der Waals surface area contributed by atoms with E-state index in [0.29, 0.717) is 55.1 Å². The maximum atomic E-state index is 16.9. The van der Waals surface area contributed by atoms with Crippen LogP contribution < -0.4 is 9.64 Å². The highest BCUT2D eigenvalue weighted by Crippen LogP contribution is 2.43. The van der Waals surface area contributed by atoms with Crippen molar-refractivity contribution in [1.29, 1.82) is 0 Å². The monoisotopic (exact) mass is 678 g/mol. The van der Waals surface area contributed by atoms with Gasteiger partial charge in [-0.2, -0.15) is 0 Å². The van der Waals surface area contributed by atoms with Crippen LogP contribution in [0.5, 0.6) is 5.75 Å². The van der Waals surface area contributed by atoms with Gasteiger partial charge in [0.1, 0.15) is 36.7 Å². The zero-order chi connectivity index (χ0) is 34.2. The lowest BCUT2D eigenvalue weighted by atomic mass is 9.95. The van der Waals surface area contributed by atoms with Crippen LogP contribution in [0.25, 0.3) is 32.9 Å². The van der Waals surface area contributed by atoms with Gasteiger partial charge >= 0.3 is 0 Å². The van der Waals surface area contributed by atoms with Crippen LogP contribution in [0, 0.1) is 23.1 Å². The highest BCUT2D eigenvalue weighted by molar-refractivity contribution is 7.98. The fourth-order valence-corrected chi connectivity index (χ4v) is 12.6. The molecule has 0 bridgehead atoms. The van der Waals surface area contributed by atoms with Crippen LogP contribution in [-0.2, 0) is 9.47 Å². The summed E-state index contributed by atoms with van der Waals surface area (Å²) in [6.07, 6.45) is 4.30. The molecule has 5 rings (SSSR count). The van der Waals surface area contributed by atoms with E-state index in [1.165, 1.54) is 24.9 Å². The zero-order valence-electron chi connectivity index (χ0n) is 28.9. The first-order chi connectivity index (χ1) is 22.4. The van der Waals surface area contributed by atoms with Crippen molar-refractivity contribution in [3.05, 3.63) is 47.7 Å².